The molecular formula is C27H28N4O2. The van der Waals surface area contributed by atoms with Crippen LogP contribution in [-0.4, -0.2) is 34.5 Å². The van der Waals surface area contributed by atoms with Crippen LogP contribution in [0.15, 0.2) is 61.1 Å². The number of aromatic amines is 1. The van der Waals surface area contributed by atoms with Gasteiger partial charge < -0.3 is 15.5 Å². The van der Waals surface area contributed by atoms with Crippen LogP contribution in [0.25, 0.3) is 22.0 Å². The first-order valence-electron chi connectivity index (χ1n) is 11.4. The van der Waals surface area contributed by atoms with Crippen LogP contribution in [0.4, 0.5) is 5.95 Å². The zero-order valence-electron chi connectivity index (χ0n) is 18.8. The van der Waals surface area contributed by atoms with Crippen molar-refractivity contribution in [1.82, 2.24) is 15.0 Å². The minimum atomic E-state index is -0.0356. The molecule has 1 saturated carbocycles. The number of nitrogens with one attached hydrogen (secondary N) is 1. The lowest BCUT2D eigenvalue weighted by molar-refractivity contribution is 0.0965. The number of H-pyrrole nitrogens is 1. The lowest BCUT2D eigenvalue weighted by atomic mass is 9.60. The van der Waals surface area contributed by atoms with E-state index in [9.17, 15) is 4.79 Å². The Labute approximate surface area is 193 Å². The Morgan fingerprint density at radius 3 is 2.52 bits per heavy atom. The summed E-state index contributed by atoms with van der Waals surface area (Å²) in [6.45, 7) is 0.597. The van der Waals surface area contributed by atoms with Gasteiger partial charge in [0.2, 0.25) is 5.95 Å². The van der Waals surface area contributed by atoms with Crippen molar-refractivity contribution in [1.29, 1.82) is 0 Å². The number of carbonyl (C=O) groups is 1. The largest absolute Gasteiger partial charge is 0.385 e. The maximum Gasteiger partial charge on any atom is 0.219 e. The van der Waals surface area contributed by atoms with E-state index in [4.69, 9.17) is 10.5 Å². The quantitative estimate of drug-likeness (QED) is 0.287. The Hall–Kier alpha value is -3.51. The van der Waals surface area contributed by atoms with Crippen molar-refractivity contribution in [3.05, 3.63) is 77.7 Å². The molecule has 1 aliphatic rings. The number of ketones is 1. The second-order valence-electron chi connectivity index (χ2n) is 8.79. The fourth-order valence-corrected chi connectivity index (χ4v) is 5.01. The van der Waals surface area contributed by atoms with Gasteiger partial charge in [0.25, 0.3) is 0 Å². The third kappa shape index (κ3) is 3.80. The Morgan fingerprint density at radius 2 is 1.85 bits per heavy atom. The standard InChI is InChI=1S/C27H28N4O2/c1-33-14-3-7-24(32)22-6-2-5-21-23(17-29-25(21)22)27(12-4-13-27)20-10-8-18(9-11-20)19-15-30-26(28)31-16-19/h2,5-6,8-11,15-17,29H,3-4,7,12-14H2,1H3,(H2,28,30,31). The minimum absolute atomic E-state index is 0.0356. The molecule has 33 heavy (non-hydrogen) atoms. The molecule has 0 amide bonds. The normalized spacial score (nSPS) is 14.8. The molecule has 6 nitrogen and oxygen atoms in total. The van der Waals surface area contributed by atoms with Crippen molar-refractivity contribution in [2.75, 3.05) is 19.5 Å². The van der Waals surface area contributed by atoms with Crippen molar-refractivity contribution in [3.63, 3.8) is 0 Å². The first-order valence-corrected chi connectivity index (χ1v) is 11.4. The van der Waals surface area contributed by atoms with Crippen molar-refractivity contribution >= 4 is 22.6 Å². The van der Waals surface area contributed by atoms with Gasteiger partial charge in [-0.3, -0.25) is 4.79 Å². The Morgan fingerprint density at radius 1 is 1.09 bits per heavy atom. The molecule has 0 aliphatic heterocycles. The fourth-order valence-electron chi connectivity index (χ4n) is 5.01. The van der Waals surface area contributed by atoms with E-state index < -0.39 is 0 Å². The Bertz CT molecular complexity index is 1270. The molecule has 1 fully saturated rings. The zero-order valence-corrected chi connectivity index (χ0v) is 18.8. The van der Waals surface area contributed by atoms with E-state index in [1.54, 1.807) is 19.5 Å². The van der Waals surface area contributed by atoms with Crippen LogP contribution in [-0.2, 0) is 10.2 Å². The molecule has 0 unspecified atom stereocenters. The number of anilines is 1. The summed E-state index contributed by atoms with van der Waals surface area (Å²) in [5.74, 6) is 0.434. The molecule has 2 aromatic carbocycles. The van der Waals surface area contributed by atoms with Gasteiger partial charge in [-0.05, 0) is 42.0 Å². The van der Waals surface area contributed by atoms with E-state index in [0.29, 0.717) is 13.0 Å². The van der Waals surface area contributed by atoms with Crippen LogP contribution in [0.2, 0.25) is 0 Å². The number of para-hydroxylation sites is 1. The van der Waals surface area contributed by atoms with Crippen LogP contribution >= 0.6 is 0 Å². The first-order chi connectivity index (χ1) is 16.1. The van der Waals surface area contributed by atoms with E-state index in [2.05, 4.69) is 51.5 Å². The van der Waals surface area contributed by atoms with Gasteiger partial charge in [-0.15, -0.1) is 0 Å². The fraction of sp³-hybridized carbons (Fsp3) is 0.296. The average molecular weight is 441 g/mol. The number of aromatic nitrogens is 3. The van der Waals surface area contributed by atoms with Gasteiger partial charge in [-0.1, -0.05) is 42.8 Å². The molecule has 0 spiro atoms. The number of nitrogens with two attached hydrogens (primary N) is 1. The van der Waals surface area contributed by atoms with Crippen LogP contribution in [0.1, 0.15) is 53.6 Å². The van der Waals surface area contributed by atoms with Gasteiger partial charge in [-0.2, -0.15) is 0 Å². The number of hydrogen-bond donors (Lipinski definition) is 2. The van der Waals surface area contributed by atoms with E-state index in [-0.39, 0.29) is 17.1 Å². The van der Waals surface area contributed by atoms with Crippen molar-refractivity contribution in [2.24, 2.45) is 0 Å². The van der Waals surface area contributed by atoms with Crippen molar-refractivity contribution in [3.8, 4) is 11.1 Å². The maximum atomic E-state index is 12.8. The molecule has 5 rings (SSSR count). The van der Waals surface area contributed by atoms with Gasteiger partial charge >= 0.3 is 0 Å². The SMILES string of the molecule is COCCCC(=O)c1cccc2c(C3(c4ccc(-c5cnc(N)nc5)cc4)CCC3)c[nH]c12. The summed E-state index contributed by atoms with van der Waals surface area (Å²) in [5.41, 5.74) is 11.9. The summed E-state index contributed by atoms with van der Waals surface area (Å²) in [6, 6.07) is 14.7. The number of hydrogen-bond acceptors (Lipinski definition) is 5. The van der Waals surface area contributed by atoms with Gasteiger partial charge in [-0.25, -0.2) is 9.97 Å². The summed E-state index contributed by atoms with van der Waals surface area (Å²) < 4.78 is 5.10. The molecular weight excluding hydrogens is 412 g/mol. The molecule has 3 N–H and O–H groups in total. The smallest absolute Gasteiger partial charge is 0.219 e. The van der Waals surface area contributed by atoms with E-state index in [1.807, 2.05) is 12.1 Å². The van der Waals surface area contributed by atoms with Crippen LogP contribution < -0.4 is 5.73 Å². The second-order valence-corrected chi connectivity index (χ2v) is 8.79. The summed E-state index contributed by atoms with van der Waals surface area (Å²) in [4.78, 5) is 24.5. The summed E-state index contributed by atoms with van der Waals surface area (Å²) in [6.07, 6.45) is 10.2. The molecule has 0 bridgehead atoms. The van der Waals surface area contributed by atoms with Gasteiger partial charge in [0.15, 0.2) is 5.78 Å². The van der Waals surface area contributed by atoms with Crippen molar-refractivity contribution in [2.45, 2.75) is 37.5 Å². The first kappa shape index (κ1) is 21.3. The van der Waals surface area contributed by atoms with Gasteiger partial charge in [0.05, 0.1) is 5.52 Å². The predicted octanol–water partition coefficient (Wildman–Crippen LogP) is 5.29. The number of fused-ring (bicyclic) bond motifs is 1. The number of benzene rings is 2. The van der Waals surface area contributed by atoms with Gasteiger partial charge in [0.1, 0.15) is 0 Å². The molecule has 1 aliphatic carbocycles. The summed E-state index contributed by atoms with van der Waals surface area (Å²) >= 11 is 0. The highest BCUT2D eigenvalue weighted by Crippen LogP contribution is 2.51. The third-order valence-electron chi connectivity index (χ3n) is 6.93. The van der Waals surface area contributed by atoms with Crippen LogP contribution in [0.3, 0.4) is 0 Å². The molecule has 4 aromatic rings. The molecule has 168 valence electrons. The Kier molecular flexibility index (Phi) is 5.68. The topological polar surface area (TPSA) is 93.9 Å². The number of methoxy groups -OCH3 is 1. The molecule has 0 saturated heterocycles. The highest BCUT2D eigenvalue weighted by molar-refractivity contribution is 6.07. The van der Waals surface area contributed by atoms with E-state index in [0.717, 1.165) is 46.9 Å². The zero-order chi connectivity index (χ0) is 22.8. The lowest BCUT2D eigenvalue weighted by Crippen LogP contribution is -2.35. The van der Waals surface area contributed by atoms with E-state index in [1.165, 1.54) is 17.5 Å². The average Bonchev–Trinajstić information content (AvgIpc) is 3.24. The van der Waals surface area contributed by atoms with Gasteiger partial charge in [0, 0.05) is 60.7 Å². The highest BCUT2D eigenvalue weighted by atomic mass is 16.5. The maximum absolute atomic E-state index is 12.8. The van der Waals surface area contributed by atoms with Crippen molar-refractivity contribution < 1.29 is 9.53 Å². The van der Waals surface area contributed by atoms with Crippen LogP contribution in [0.5, 0.6) is 0 Å². The van der Waals surface area contributed by atoms with E-state index >= 15 is 0 Å². The highest BCUT2D eigenvalue weighted by Gasteiger charge is 2.42. The number of nitrogen functional groups attached to an aromatic ring is 1. The monoisotopic (exact) mass is 440 g/mol. The third-order valence-corrected chi connectivity index (χ3v) is 6.93. The molecule has 0 radical (unpaired) electrons. The molecule has 2 heterocycles. The lowest BCUT2D eigenvalue weighted by Gasteiger charge is -2.43. The number of Topliss-reactive ketones (excluding diaryl/α,β-unsaturated/α-hetero) is 1. The minimum Gasteiger partial charge on any atom is -0.385 e. The van der Waals surface area contributed by atoms with Crippen LogP contribution in [0, 0.1) is 0 Å². The number of nitrogens with zero attached hydrogens (tertiary/aromatic N) is 2. The molecule has 0 atom stereocenters. The predicted molar refractivity (Wildman–Crippen MR) is 130 cm³/mol. The number of carbonyl (C=O) groups excluding carboxylic acids is 1. The second kappa shape index (κ2) is 8.79. The number of ether oxygens (including phenoxy) is 1. The Balaban J connectivity index is 1.48. The summed E-state index contributed by atoms with van der Waals surface area (Å²) in [7, 11) is 1.66. The summed E-state index contributed by atoms with van der Waals surface area (Å²) in [5, 5.41) is 1.14. The molecule has 2 aromatic heterocycles. The molecule has 6 heteroatoms. The number of rotatable bonds is 8.